The van der Waals surface area contributed by atoms with Crippen molar-refractivity contribution in [2.24, 2.45) is 11.8 Å². The molecule has 0 aliphatic carbocycles. The highest BCUT2D eigenvalue weighted by Gasteiger charge is 2.73. The molecule has 0 radical (unpaired) electrons. The standard InChI is InChI=1S/C28H43N3O4S/c1-4-6-8-16-30-18-12-14-28-22(25(34)31(23(28)26(30)35)19-9-7-10-20-32)21-24(33)29(15-5-2)17-11-13-27(21,3)36-28/h11-14,21-23,32H,4-10,15-20H2,1-3H3/t21-,22-,23?,27+,28-/m0/s1. The van der Waals surface area contributed by atoms with Crippen molar-refractivity contribution < 1.29 is 19.5 Å². The molecule has 7 nitrogen and oxygen atoms in total. The lowest BCUT2D eigenvalue weighted by Gasteiger charge is -2.37. The fraction of sp³-hybridized carbons (Fsp3) is 0.750. The molecule has 0 aromatic carbocycles. The van der Waals surface area contributed by atoms with E-state index in [1.165, 1.54) is 0 Å². The van der Waals surface area contributed by atoms with E-state index in [-0.39, 0.29) is 24.3 Å². The van der Waals surface area contributed by atoms with Crippen LogP contribution in [0.5, 0.6) is 0 Å². The molecule has 8 heteroatoms. The van der Waals surface area contributed by atoms with Crippen molar-refractivity contribution in [3.63, 3.8) is 0 Å². The van der Waals surface area contributed by atoms with Crippen LogP contribution in [0, 0.1) is 11.8 Å². The first-order chi connectivity index (χ1) is 17.3. The molecule has 5 atom stereocenters. The van der Waals surface area contributed by atoms with Crippen molar-refractivity contribution in [3.8, 4) is 0 Å². The number of likely N-dealkylation sites (tertiary alicyclic amines) is 1. The van der Waals surface area contributed by atoms with Crippen molar-refractivity contribution in [2.75, 3.05) is 39.3 Å². The Morgan fingerprint density at radius 2 is 1.53 bits per heavy atom. The molecular weight excluding hydrogens is 474 g/mol. The van der Waals surface area contributed by atoms with E-state index >= 15 is 0 Å². The normalized spacial score (nSPS) is 33.6. The van der Waals surface area contributed by atoms with E-state index in [1.54, 1.807) is 16.7 Å². The highest BCUT2D eigenvalue weighted by molar-refractivity contribution is 8.02. The Morgan fingerprint density at radius 1 is 0.833 bits per heavy atom. The molecule has 4 aliphatic rings. The number of unbranched alkanes of at least 4 members (excludes halogenated alkanes) is 4. The van der Waals surface area contributed by atoms with Gasteiger partial charge in [-0.25, -0.2) is 0 Å². The van der Waals surface area contributed by atoms with Gasteiger partial charge in [0.15, 0.2) is 0 Å². The summed E-state index contributed by atoms with van der Waals surface area (Å²) in [6.07, 6.45) is 14.6. The molecule has 200 valence electrons. The lowest BCUT2D eigenvalue weighted by atomic mass is 9.74. The number of thioether (sulfide) groups is 1. The monoisotopic (exact) mass is 517 g/mol. The maximum absolute atomic E-state index is 14.2. The number of rotatable bonds is 11. The summed E-state index contributed by atoms with van der Waals surface area (Å²) in [4.78, 5) is 47.9. The van der Waals surface area contributed by atoms with Gasteiger partial charge in [-0.05, 0) is 39.0 Å². The molecule has 2 saturated heterocycles. The largest absolute Gasteiger partial charge is 0.396 e. The SMILES string of the molecule is CCCCCN1CC=C[C@]23S[C@]4(C)C=CCN(CCC)C(=O)[C@@H]4[C@H]2C(=O)N(CCCCCO)C3C1=O. The van der Waals surface area contributed by atoms with E-state index in [2.05, 4.69) is 45.1 Å². The lowest BCUT2D eigenvalue weighted by molar-refractivity contribution is -0.145. The second kappa shape index (κ2) is 11.3. The van der Waals surface area contributed by atoms with Crippen LogP contribution in [0.2, 0.25) is 0 Å². The summed E-state index contributed by atoms with van der Waals surface area (Å²) in [5.41, 5.74) is 0. The molecule has 1 spiro atoms. The fourth-order valence-corrected chi connectivity index (χ4v) is 8.81. The Bertz CT molecular complexity index is 907. The molecule has 0 aromatic heterocycles. The second-order valence-electron chi connectivity index (χ2n) is 10.9. The maximum Gasteiger partial charge on any atom is 0.247 e. The van der Waals surface area contributed by atoms with Gasteiger partial charge in [0.1, 0.15) is 6.04 Å². The molecular formula is C28H43N3O4S. The number of carbonyl (C=O) groups excluding carboxylic acids is 3. The first-order valence-corrected chi connectivity index (χ1v) is 14.7. The average Bonchev–Trinajstić information content (AvgIpc) is 3.12. The smallest absolute Gasteiger partial charge is 0.247 e. The molecule has 4 aliphatic heterocycles. The number of amides is 3. The van der Waals surface area contributed by atoms with Gasteiger partial charge in [0.2, 0.25) is 17.7 Å². The lowest BCUT2D eigenvalue weighted by Crippen LogP contribution is -2.53. The van der Waals surface area contributed by atoms with Crippen LogP contribution in [-0.4, -0.2) is 92.4 Å². The van der Waals surface area contributed by atoms with Crippen LogP contribution in [0.1, 0.15) is 65.7 Å². The summed E-state index contributed by atoms with van der Waals surface area (Å²) in [5, 5.41) is 9.22. The third-order valence-corrected chi connectivity index (χ3v) is 10.1. The van der Waals surface area contributed by atoms with Gasteiger partial charge in [0.25, 0.3) is 0 Å². The number of carbonyl (C=O) groups is 3. The van der Waals surface area contributed by atoms with E-state index in [0.717, 1.165) is 38.5 Å². The van der Waals surface area contributed by atoms with E-state index < -0.39 is 27.4 Å². The van der Waals surface area contributed by atoms with Crippen molar-refractivity contribution in [2.45, 2.75) is 81.3 Å². The summed E-state index contributed by atoms with van der Waals surface area (Å²) in [6.45, 7) is 9.39. The van der Waals surface area contributed by atoms with Gasteiger partial charge in [-0.15, -0.1) is 11.8 Å². The predicted octanol–water partition coefficient (Wildman–Crippen LogP) is 3.23. The third-order valence-electron chi connectivity index (χ3n) is 8.31. The van der Waals surface area contributed by atoms with Gasteiger partial charge in [0, 0.05) is 44.1 Å². The van der Waals surface area contributed by atoms with Crippen LogP contribution < -0.4 is 0 Å². The summed E-state index contributed by atoms with van der Waals surface area (Å²) in [6, 6.07) is -0.598. The second-order valence-corrected chi connectivity index (χ2v) is 12.7. The number of fused-ring (bicyclic) bond motifs is 2. The van der Waals surface area contributed by atoms with Gasteiger partial charge >= 0.3 is 0 Å². The zero-order chi connectivity index (χ0) is 25.9. The quantitative estimate of drug-likeness (QED) is 0.336. The Morgan fingerprint density at radius 3 is 2.22 bits per heavy atom. The van der Waals surface area contributed by atoms with Crippen molar-refractivity contribution in [1.82, 2.24) is 14.7 Å². The van der Waals surface area contributed by atoms with Crippen molar-refractivity contribution in [1.29, 1.82) is 0 Å². The minimum atomic E-state index is -0.751. The van der Waals surface area contributed by atoms with Crippen LogP contribution in [0.4, 0.5) is 0 Å². The average molecular weight is 518 g/mol. The van der Waals surface area contributed by atoms with Crippen LogP contribution >= 0.6 is 11.8 Å². The summed E-state index contributed by atoms with van der Waals surface area (Å²) >= 11 is 1.66. The van der Waals surface area contributed by atoms with Gasteiger partial charge in [-0.1, -0.05) is 51.0 Å². The molecule has 1 unspecified atom stereocenters. The van der Waals surface area contributed by atoms with Crippen molar-refractivity contribution in [3.05, 3.63) is 24.3 Å². The Balaban J connectivity index is 1.74. The van der Waals surface area contributed by atoms with E-state index in [1.807, 2.05) is 9.80 Å². The van der Waals surface area contributed by atoms with E-state index in [4.69, 9.17) is 0 Å². The Labute approximate surface area is 220 Å². The first-order valence-electron chi connectivity index (χ1n) is 13.9. The van der Waals surface area contributed by atoms with E-state index in [9.17, 15) is 19.5 Å². The zero-order valence-corrected chi connectivity index (χ0v) is 23.0. The number of hydrogen-bond donors (Lipinski definition) is 1. The Kier molecular flexibility index (Phi) is 8.55. The molecule has 4 heterocycles. The number of hydrogen-bond acceptors (Lipinski definition) is 5. The topological polar surface area (TPSA) is 81.2 Å². The van der Waals surface area contributed by atoms with E-state index in [0.29, 0.717) is 39.1 Å². The maximum atomic E-state index is 14.2. The molecule has 0 aromatic rings. The van der Waals surface area contributed by atoms with Gasteiger partial charge in [-0.3, -0.25) is 14.4 Å². The molecule has 0 saturated carbocycles. The van der Waals surface area contributed by atoms with Crippen LogP contribution in [0.15, 0.2) is 24.3 Å². The minimum Gasteiger partial charge on any atom is -0.396 e. The Hall–Kier alpha value is -1.80. The summed E-state index contributed by atoms with van der Waals surface area (Å²) < 4.78 is -1.29. The van der Waals surface area contributed by atoms with Gasteiger partial charge in [0.05, 0.1) is 16.6 Å². The molecule has 0 bridgehead atoms. The predicted molar refractivity (Wildman–Crippen MR) is 143 cm³/mol. The zero-order valence-electron chi connectivity index (χ0n) is 22.2. The molecule has 4 rings (SSSR count). The first kappa shape index (κ1) is 27.2. The van der Waals surface area contributed by atoms with Crippen LogP contribution in [-0.2, 0) is 14.4 Å². The third kappa shape index (κ3) is 4.64. The summed E-state index contributed by atoms with van der Waals surface area (Å²) in [5.74, 6) is -1.05. The fourth-order valence-electron chi connectivity index (χ4n) is 6.65. The number of aliphatic hydroxyl groups excluding tert-OH is 1. The molecule has 36 heavy (non-hydrogen) atoms. The highest BCUT2D eigenvalue weighted by atomic mass is 32.2. The number of nitrogens with zero attached hydrogens (tertiary/aromatic N) is 3. The molecule has 2 fully saturated rings. The minimum absolute atomic E-state index is 0.0171. The van der Waals surface area contributed by atoms with Gasteiger partial charge < -0.3 is 19.8 Å². The van der Waals surface area contributed by atoms with Crippen LogP contribution in [0.3, 0.4) is 0 Å². The van der Waals surface area contributed by atoms with Gasteiger partial charge in [-0.2, -0.15) is 0 Å². The van der Waals surface area contributed by atoms with Crippen molar-refractivity contribution >= 4 is 29.5 Å². The molecule has 3 amide bonds. The summed E-state index contributed by atoms with van der Waals surface area (Å²) in [7, 11) is 0. The number of aliphatic hydroxyl groups is 1. The highest BCUT2D eigenvalue weighted by Crippen LogP contribution is 2.65. The van der Waals surface area contributed by atoms with Crippen LogP contribution in [0.25, 0.3) is 0 Å². The molecule has 1 N–H and O–H groups in total.